The molecule has 0 aliphatic heterocycles. The molecule has 0 rings (SSSR count). The number of rotatable bonds is 16. The van der Waals surface area contributed by atoms with Crippen LogP contribution in [-0.2, 0) is 4.79 Å². The molecule has 0 aliphatic carbocycles. The van der Waals surface area contributed by atoms with Gasteiger partial charge in [0.05, 0.1) is 12.7 Å². The molecule has 0 spiro atoms. The van der Waals surface area contributed by atoms with Crippen LogP contribution in [0.5, 0.6) is 0 Å². The van der Waals surface area contributed by atoms with E-state index in [2.05, 4.69) is 19.1 Å². The maximum absolute atomic E-state index is 10.3. The number of allylic oxidation sites excluding steroid dienone is 2. The van der Waals surface area contributed by atoms with Gasteiger partial charge in [-0.25, -0.2) is 0 Å². The molecule has 0 saturated carbocycles. The number of carbonyl (C=O) groups is 1. The molecule has 5 nitrogen and oxygen atoms in total. The molecule has 0 bridgehead atoms. The minimum Gasteiger partial charge on any atom is -0.481 e. The van der Waals surface area contributed by atoms with Crippen molar-refractivity contribution >= 4 is 5.97 Å². The van der Waals surface area contributed by atoms with E-state index in [1.54, 1.807) is 6.92 Å². The van der Waals surface area contributed by atoms with Gasteiger partial charge < -0.3 is 20.4 Å². The number of hydrogen-bond acceptors (Lipinski definition) is 4. The minimum atomic E-state index is -0.664. The summed E-state index contributed by atoms with van der Waals surface area (Å²) in [4.78, 5) is 10.3. The predicted molar refractivity (Wildman–Crippen MR) is 119 cm³/mol. The molecule has 0 radical (unpaired) electrons. The van der Waals surface area contributed by atoms with E-state index >= 15 is 0 Å². The second-order valence-corrected chi connectivity index (χ2v) is 7.08. The summed E-state index contributed by atoms with van der Waals surface area (Å²) in [5.74, 6) is -0.664. The van der Waals surface area contributed by atoms with Crippen molar-refractivity contribution in [1.82, 2.24) is 0 Å². The molecule has 1 atom stereocenters. The van der Waals surface area contributed by atoms with Gasteiger partial charge >= 0.3 is 5.97 Å². The first-order valence-electron chi connectivity index (χ1n) is 11.2. The van der Waals surface area contributed by atoms with Crippen LogP contribution in [0.4, 0.5) is 0 Å². The molecule has 0 heterocycles. The monoisotopic (exact) mass is 404 g/mol. The lowest BCUT2D eigenvalue weighted by atomic mass is 10.1. The number of carboxylic acids is 1. The van der Waals surface area contributed by atoms with Crippen molar-refractivity contribution < 1.29 is 25.2 Å². The topological polar surface area (TPSA) is 98.0 Å². The van der Waals surface area contributed by atoms with E-state index in [9.17, 15) is 4.79 Å². The number of aliphatic hydroxyl groups is 3. The fourth-order valence-corrected chi connectivity index (χ4v) is 2.35. The third kappa shape index (κ3) is 44.5. The quantitative estimate of drug-likeness (QED) is 0.202. The molecule has 1 unspecified atom stereocenters. The maximum atomic E-state index is 10.3. The van der Waals surface area contributed by atoms with E-state index in [-0.39, 0.29) is 13.2 Å². The Bertz CT molecular complexity index is 303. The van der Waals surface area contributed by atoms with Gasteiger partial charge in [-0.15, -0.1) is 0 Å². The lowest BCUT2D eigenvalue weighted by Crippen LogP contribution is -2.03. The van der Waals surface area contributed by atoms with Gasteiger partial charge in [0.2, 0.25) is 0 Å². The average molecular weight is 405 g/mol. The molecule has 0 fully saturated rings. The highest BCUT2D eigenvalue weighted by Gasteiger charge is 1.95. The maximum Gasteiger partial charge on any atom is 0.303 e. The second kappa shape index (κ2) is 30.8. The van der Waals surface area contributed by atoms with Crippen molar-refractivity contribution in [1.29, 1.82) is 0 Å². The van der Waals surface area contributed by atoms with Gasteiger partial charge in [-0.2, -0.15) is 0 Å². The third-order valence-corrected chi connectivity index (χ3v) is 3.92. The van der Waals surface area contributed by atoms with E-state index < -0.39 is 12.1 Å². The first-order chi connectivity index (χ1) is 13.5. The Balaban J connectivity index is -0.000000657. The van der Waals surface area contributed by atoms with Crippen LogP contribution in [0.25, 0.3) is 0 Å². The van der Waals surface area contributed by atoms with E-state index in [4.69, 9.17) is 20.4 Å². The molecule has 170 valence electrons. The van der Waals surface area contributed by atoms with Gasteiger partial charge in [-0.3, -0.25) is 4.79 Å². The molecule has 0 aromatic rings. The Morgan fingerprint density at radius 2 is 1.14 bits per heavy atom. The van der Waals surface area contributed by atoms with Crippen molar-refractivity contribution in [2.24, 2.45) is 0 Å². The molecule has 0 saturated heterocycles. The smallest absolute Gasteiger partial charge is 0.303 e. The average Bonchev–Trinajstić information content (AvgIpc) is 2.65. The fourth-order valence-electron chi connectivity index (χ4n) is 2.35. The van der Waals surface area contributed by atoms with Crippen molar-refractivity contribution in [3.63, 3.8) is 0 Å². The summed E-state index contributed by atoms with van der Waals surface area (Å²) >= 11 is 0. The Morgan fingerprint density at radius 1 is 0.786 bits per heavy atom. The third-order valence-electron chi connectivity index (χ3n) is 3.92. The van der Waals surface area contributed by atoms with Crippen LogP contribution in [0.1, 0.15) is 111 Å². The summed E-state index contributed by atoms with van der Waals surface area (Å²) in [5, 5.41) is 32.1. The first-order valence-corrected chi connectivity index (χ1v) is 11.2. The molecule has 0 aromatic carbocycles. The summed E-state index contributed by atoms with van der Waals surface area (Å²) in [6, 6.07) is 0. The predicted octanol–water partition coefficient (Wildman–Crippen LogP) is 5.47. The zero-order chi connectivity index (χ0) is 21.9. The molecular formula is C23H48O5. The molecule has 4 N–H and O–H groups in total. The first kappa shape index (κ1) is 31.8. The molecule has 0 amide bonds. The van der Waals surface area contributed by atoms with Crippen LogP contribution in [0.2, 0.25) is 0 Å². The highest BCUT2D eigenvalue weighted by atomic mass is 16.4. The van der Waals surface area contributed by atoms with Gasteiger partial charge in [0.15, 0.2) is 0 Å². The number of aliphatic hydroxyl groups excluding tert-OH is 3. The minimum absolute atomic E-state index is 0.139. The Labute approximate surface area is 173 Å². The van der Waals surface area contributed by atoms with Crippen LogP contribution < -0.4 is 0 Å². The number of hydrogen-bond donors (Lipinski definition) is 4. The van der Waals surface area contributed by atoms with Crippen LogP contribution in [0, 0.1) is 0 Å². The van der Waals surface area contributed by atoms with Crippen molar-refractivity contribution in [3.05, 3.63) is 12.2 Å². The summed E-state index contributed by atoms with van der Waals surface area (Å²) in [7, 11) is 0. The van der Waals surface area contributed by atoms with E-state index in [1.165, 1.54) is 77.6 Å². The Morgan fingerprint density at radius 3 is 1.50 bits per heavy atom. The second-order valence-electron chi connectivity index (χ2n) is 7.08. The number of unbranched alkanes of at least 4 members (excludes halogenated alkanes) is 11. The highest BCUT2D eigenvalue weighted by molar-refractivity contribution is 5.66. The number of carboxylic acid groups (broad SMARTS) is 1. The van der Waals surface area contributed by atoms with Crippen LogP contribution in [0.3, 0.4) is 0 Å². The van der Waals surface area contributed by atoms with Gasteiger partial charge in [-0.1, -0.05) is 70.4 Å². The molecule has 0 aliphatic rings. The normalized spacial score (nSPS) is 11.4. The van der Waals surface area contributed by atoms with Crippen LogP contribution >= 0.6 is 0 Å². The number of aliphatic carboxylic acids is 1. The summed E-state index contributed by atoms with van der Waals surface area (Å²) in [6.45, 7) is 5.58. The molecule has 5 heteroatoms. The summed E-state index contributed by atoms with van der Waals surface area (Å²) < 4.78 is 0. The summed E-state index contributed by atoms with van der Waals surface area (Å²) in [6.07, 6.45) is 20.7. The Kier molecular flexibility index (Phi) is 35.0. The lowest BCUT2D eigenvalue weighted by molar-refractivity contribution is -0.137. The SMILES string of the molecule is CC(O)CO.CCCCCCCCC=CCCCCCCCC(=O)O.CCO. The zero-order valence-electron chi connectivity index (χ0n) is 18.7. The van der Waals surface area contributed by atoms with E-state index in [1.807, 2.05) is 0 Å². The fraction of sp³-hybridized carbons (Fsp3) is 0.870. The van der Waals surface area contributed by atoms with Crippen LogP contribution in [-0.4, -0.2) is 45.7 Å². The van der Waals surface area contributed by atoms with Gasteiger partial charge in [0.1, 0.15) is 0 Å². The lowest BCUT2D eigenvalue weighted by Gasteiger charge is -1.99. The Hall–Kier alpha value is -0.910. The molecular weight excluding hydrogens is 356 g/mol. The van der Waals surface area contributed by atoms with Crippen molar-refractivity contribution in [3.8, 4) is 0 Å². The largest absolute Gasteiger partial charge is 0.481 e. The van der Waals surface area contributed by atoms with E-state index in [0.29, 0.717) is 6.42 Å². The molecule has 28 heavy (non-hydrogen) atoms. The summed E-state index contributed by atoms with van der Waals surface area (Å²) in [5.41, 5.74) is 0. The molecule has 0 aromatic heterocycles. The van der Waals surface area contributed by atoms with Crippen molar-refractivity contribution in [2.75, 3.05) is 13.2 Å². The standard InChI is InChI=1S/C18H34O2.C3H8O2.C2H6O/c1-2-3-4-5-6-7-8-9-10-11-12-13-14-15-16-17-18(19)20;1-3(5)2-4;1-2-3/h9-10H,2-8,11-17H2,1H3,(H,19,20);3-5H,2H2,1H3;3H,2H2,1H3. The van der Waals surface area contributed by atoms with Gasteiger partial charge in [0, 0.05) is 13.0 Å². The zero-order valence-corrected chi connectivity index (χ0v) is 18.7. The van der Waals surface area contributed by atoms with E-state index in [0.717, 1.165) is 12.8 Å². The van der Waals surface area contributed by atoms with Crippen molar-refractivity contribution in [2.45, 2.75) is 117 Å². The van der Waals surface area contributed by atoms with Crippen LogP contribution in [0.15, 0.2) is 12.2 Å². The van der Waals surface area contributed by atoms with Gasteiger partial charge in [-0.05, 0) is 46.0 Å². The van der Waals surface area contributed by atoms with Gasteiger partial charge in [0.25, 0.3) is 0 Å². The highest BCUT2D eigenvalue weighted by Crippen LogP contribution is 2.09.